The molecule has 0 aromatic heterocycles. The van der Waals surface area contributed by atoms with E-state index in [4.69, 9.17) is 14.6 Å². The minimum Gasteiger partial charge on any atom is -0.394 e. The quantitative estimate of drug-likeness (QED) is 0.670. The molecule has 1 rings (SSSR count). The molecule has 0 aromatic rings. The normalized spacial score (nSPS) is 34.8. The molecular weight excluding hydrogens is 172 g/mol. The van der Waals surface area contributed by atoms with E-state index in [-0.39, 0.29) is 18.8 Å². The molecule has 0 saturated carbocycles. The van der Waals surface area contributed by atoms with E-state index >= 15 is 0 Å². The van der Waals surface area contributed by atoms with Gasteiger partial charge in [0.1, 0.15) is 6.10 Å². The summed E-state index contributed by atoms with van der Waals surface area (Å²) in [5.41, 5.74) is 0. The summed E-state index contributed by atoms with van der Waals surface area (Å²) in [4.78, 5) is 0. The number of rotatable bonds is 3. The van der Waals surface area contributed by atoms with Crippen LogP contribution < -0.4 is 0 Å². The second kappa shape index (κ2) is 3.92. The fraction of sp³-hybridized carbons (Fsp3) is 1.00. The molecule has 0 amide bonds. The van der Waals surface area contributed by atoms with Crippen molar-refractivity contribution in [3.63, 3.8) is 0 Å². The summed E-state index contributed by atoms with van der Waals surface area (Å²) in [5.74, 6) is -0.646. The van der Waals surface area contributed by atoms with Crippen LogP contribution in [-0.2, 0) is 9.47 Å². The zero-order valence-electron chi connectivity index (χ0n) is 8.36. The summed E-state index contributed by atoms with van der Waals surface area (Å²) in [7, 11) is 0. The lowest BCUT2D eigenvalue weighted by Crippen LogP contribution is -2.29. The summed E-state index contributed by atoms with van der Waals surface area (Å²) in [5, 5.41) is 18.2. The van der Waals surface area contributed by atoms with Crippen molar-refractivity contribution in [3.05, 3.63) is 0 Å². The molecule has 13 heavy (non-hydrogen) atoms. The Bertz CT molecular complexity index is 167. The molecule has 1 aliphatic rings. The van der Waals surface area contributed by atoms with Crippen LogP contribution in [0.15, 0.2) is 0 Å². The molecule has 3 atom stereocenters. The van der Waals surface area contributed by atoms with Crippen molar-refractivity contribution in [2.24, 2.45) is 0 Å². The maximum atomic E-state index is 9.18. The summed E-state index contributed by atoms with van der Waals surface area (Å²) in [6.07, 6.45) is -0.463. The van der Waals surface area contributed by atoms with Gasteiger partial charge >= 0.3 is 0 Å². The van der Waals surface area contributed by atoms with Gasteiger partial charge in [-0.3, -0.25) is 0 Å². The predicted octanol–water partition coefficient (Wildman–Crippen LogP) is 0.270. The molecule has 78 valence electrons. The molecule has 4 nitrogen and oxygen atoms in total. The van der Waals surface area contributed by atoms with Gasteiger partial charge in [-0.2, -0.15) is 0 Å². The van der Waals surface area contributed by atoms with Crippen molar-refractivity contribution >= 4 is 0 Å². The van der Waals surface area contributed by atoms with E-state index in [1.54, 1.807) is 20.8 Å². The van der Waals surface area contributed by atoms with E-state index in [1.807, 2.05) is 0 Å². The molecule has 0 aliphatic carbocycles. The highest BCUT2D eigenvalue weighted by Crippen LogP contribution is 2.30. The Morgan fingerprint density at radius 3 is 2.31 bits per heavy atom. The average Bonchev–Trinajstić information content (AvgIpc) is 2.24. The highest BCUT2D eigenvalue weighted by Gasteiger charge is 2.40. The summed E-state index contributed by atoms with van der Waals surface area (Å²) >= 11 is 0. The average molecular weight is 190 g/mol. The lowest BCUT2D eigenvalue weighted by molar-refractivity contribution is -0.150. The van der Waals surface area contributed by atoms with Crippen molar-refractivity contribution in [2.45, 2.75) is 51.3 Å². The van der Waals surface area contributed by atoms with E-state index in [0.717, 1.165) is 0 Å². The number of aliphatic hydroxyl groups is 2. The molecule has 1 fully saturated rings. The molecule has 1 saturated heterocycles. The Balaban J connectivity index is 2.53. The van der Waals surface area contributed by atoms with Crippen LogP contribution in [0, 0.1) is 0 Å². The fourth-order valence-electron chi connectivity index (χ4n) is 1.60. The van der Waals surface area contributed by atoms with Crippen LogP contribution in [0.3, 0.4) is 0 Å². The molecule has 0 spiro atoms. The Morgan fingerprint density at radius 1 is 1.31 bits per heavy atom. The first kappa shape index (κ1) is 10.9. The van der Waals surface area contributed by atoms with Crippen molar-refractivity contribution in [1.29, 1.82) is 0 Å². The van der Waals surface area contributed by atoms with E-state index in [0.29, 0.717) is 6.42 Å². The summed E-state index contributed by atoms with van der Waals surface area (Å²) in [6, 6.07) is 0. The fourth-order valence-corrected chi connectivity index (χ4v) is 1.60. The van der Waals surface area contributed by atoms with E-state index in [9.17, 15) is 5.11 Å². The van der Waals surface area contributed by atoms with Crippen LogP contribution in [0.4, 0.5) is 0 Å². The van der Waals surface area contributed by atoms with Crippen LogP contribution >= 0.6 is 0 Å². The Kier molecular flexibility index (Phi) is 3.29. The van der Waals surface area contributed by atoms with Gasteiger partial charge in [0, 0.05) is 6.42 Å². The van der Waals surface area contributed by atoms with Gasteiger partial charge in [-0.15, -0.1) is 0 Å². The highest BCUT2D eigenvalue weighted by atomic mass is 16.8. The van der Waals surface area contributed by atoms with Crippen molar-refractivity contribution in [1.82, 2.24) is 0 Å². The third kappa shape index (κ3) is 2.91. The van der Waals surface area contributed by atoms with E-state index in [2.05, 4.69) is 0 Å². The van der Waals surface area contributed by atoms with Crippen molar-refractivity contribution in [2.75, 3.05) is 6.61 Å². The number of hydrogen-bond acceptors (Lipinski definition) is 4. The van der Waals surface area contributed by atoms with Crippen molar-refractivity contribution in [3.8, 4) is 0 Å². The standard InChI is InChI=1S/C9H18O4/c1-6(11)4-7-8(5-10)13-9(2,3)12-7/h6-8,10-11H,4-5H2,1-3H3/t6-,7-,8-/m1/s1. The second-order valence-electron chi connectivity index (χ2n) is 3.98. The first-order valence-corrected chi connectivity index (χ1v) is 4.59. The Morgan fingerprint density at radius 2 is 1.85 bits per heavy atom. The Hall–Kier alpha value is -0.160. The van der Waals surface area contributed by atoms with Crippen LogP contribution in [0.25, 0.3) is 0 Å². The number of ether oxygens (including phenoxy) is 2. The van der Waals surface area contributed by atoms with Crippen LogP contribution in [-0.4, -0.2) is 40.9 Å². The first-order chi connectivity index (χ1) is 5.94. The van der Waals surface area contributed by atoms with Crippen LogP contribution in [0.5, 0.6) is 0 Å². The lowest BCUT2D eigenvalue weighted by atomic mass is 10.1. The third-order valence-electron chi connectivity index (χ3n) is 2.04. The zero-order valence-corrected chi connectivity index (χ0v) is 8.36. The van der Waals surface area contributed by atoms with Gasteiger partial charge in [0.2, 0.25) is 0 Å². The lowest BCUT2D eigenvalue weighted by Gasteiger charge is -2.17. The molecule has 1 heterocycles. The van der Waals surface area contributed by atoms with E-state index in [1.165, 1.54) is 0 Å². The molecule has 2 N–H and O–H groups in total. The molecular formula is C9H18O4. The summed E-state index contributed by atoms with van der Waals surface area (Å²) < 4.78 is 10.9. The highest BCUT2D eigenvalue weighted by molar-refractivity contribution is 4.81. The maximum Gasteiger partial charge on any atom is 0.163 e. The molecule has 0 bridgehead atoms. The minimum absolute atomic E-state index is 0.0686. The van der Waals surface area contributed by atoms with Gasteiger partial charge in [0.05, 0.1) is 18.8 Å². The van der Waals surface area contributed by atoms with Crippen LogP contribution in [0.1, 0.15) is 27.2 Å². The molecule has 0 radical (unpaired) electrons. The third-order valence-corrected chi connectivity index (χ3v) is 2.04. The largest absolute Gasteiger partial charge is 0.394 e. The number of aliphatic hydroxyl groups excluding tert-OH is 2. The SMILES string of the molecule is C[C@@H](O)C[C@H]1OC(C)(C)O[C@@H]1CO. The molecule has 0 aromatic carbocycles. The number of hydrogen-bond donors (Lipinski definition) is 2. The Labute approximate surface area is 78.5 Å². The predicted molar refractivity (Wildman–Crippen MR) is 47.2 cm³/mol. The molecule has 0 unspecified atom stereocenters. The topological polar surface area (TPSA) is 58.9 Å². The van der Waals surface area contributed by atoms with Gasteiger partial charge < -0.3 is 19.7 Å². The van der Waals surface area contributed by atoms with Crippen molar-refractivity contribution < 1.29 is 19.7 Å². The van der Waals surface area contributed by atoms with E-state index < -0.39 is 11.9 Å². The van der Waals surface area contributed by atoms with Gasteiger partial charge in [0.25, 0.3) is 0 Å². The minimum atomic E-state index is -0.646. The van der Waals surface area contributed by atoms with Gasteiger partial charge in [-0.25, -0.2) is 0 Å². The molecule has 4 heteroatoms. The van der Waals surface area contributed by atoms with Crippen LogP contribution in [0.2, 0.25) is 0 Å². The van der Waals surface area contributed by atoms with Gasteiger partial charge in [-0.1, -0.05) is 0 Å². The smallest absolute Gasteiger partial charge is 0.163 e. The monoisotopic (exact) mass is 190 g/mol. The second-order valence-corrected chi connectivity index (χ2v) is 3.98. The summed E-state index contributed by atoms with van der Waals surface area (Å²) in [6.45, 7) is 5.24. The molecule has 1 aliphatic heterocycles. The maximum absolute atomic E-state index is 9.18. The van der Waals surface area contributed by atoms with Gasteiger partial charge in [0.15, 0.2) is 5.79 Å². The van der Waals surface area contributed by atoms with Gasteiger partial charge in [-0.05, 0) is 20.8 Å². The zero-order chi connectivity index (χ0) is 10.1. The first-order valence-electron chi connectivity index (χ1n) is 4.59.